The van der Waals surface area contributed by atoms with Crippen LogP contribution in [0.15, 0.2) is 11.9 Å². The molecule has 2 heteroatoms. The lowest BCUT2D eigenvalue weighted by molar-refractivity contribution is 0.637. The highest BCUT2D eigenvalue weighted by molar-refractivity contribution is 9.09. The van der Waals surface area contributed by atoms with Crippen molar-refractivity contribution in [3.05, 3.63) is 11.9 Å². The van der Waals surface area contributed by atoms with Crippen LogP contribution < -0.4 is 0 Å². The van der Waals surface area contributed by atoms with E-state index in [2.05, 4.69) is 15.9 Å². The van der Waals surface area contributed by atoms with Crippen molar-refractivity contribution in [2.24, 2.45) is 5.92 Å². The van der Waals surface area contributed by atoms with E-state index in [1.54, 1.807) is 6.08 Å². The van der Waals surface area contributed by atoms with Crippen molar-refractivity contribution in [2.45, 2.75) is 12.8 Å². The van der Waals surface area contributed by atoms with Crippen LogP contribution in [-0.4, -0.2) is 5.33 Å². The Hall–Kier alpha value is 0.150. The van der Waals surface area contributed by atoms with Gasteiger partial charge in [0.1, 0.15) is 5.83 Å². The molecule has 0 heterocycles. The molecule has 0 aliphatic heterocycles. The molecule has 1 aliphatic rings. The fourth-order valence-corrected chi connectivity index (χ4v) is 0.750. The Labute approximate surface area is 56.9 Å². The zero-order valence-electron chi connectivity index (χ0n) is 4.53. The minimum absolute atomic E-state index is 0.0208. The van der Waals surface area contributed by atoms with Gasteiger partial charge in [-0.05, 0) is 24.8 Å². The molecular formula is C6H8BrF. The van der Waals surface area contributed by atoms with Crippen LogP contribution in [0.2, 0.25) is 0 Å². The highest BCUT2D eigenvalue weighted by Gasteiger charge is 2.18. The summed E-state index contributed by atoms with van der Waals surface area (Å²) in [5.41, 5.74) is 0. The molecular weight excluding hydrogens is 171 g/mol. The first-order valence-corrected chi connectivity index (χ1v) is 3.87. The Morgan fingerprint density at radius 3 is 2.75 bits per heavy atom. The molecule has 1 rings (SSSR count). The number of rotatable bonds is 2. The molecule has 0 aromatic rings. The van der Waals surface area contributed by atoms with Crippen molar-refractivity contribution in [1.29, 1.82) is 0 Å². The van der Waals surface area contributed by atoms with Crippen molar-refractivity contribution < 1.29 is 4.39 Å². The molecule has 0 radical (unpaired) electrons. The molecule has 0 amide bonds. The smallest absolute Gasteiger partial charge is 0.107 e. The summed E-state index contributed by atoms with van der Waals surface area (Å²) in [6.07, 6.45) is 4.07. The average Bonchev–Trinajstić information content (AvgIpc) is 2.50. The van der Waals surface area contributed by atoms with Crippen molar-refractivity contribution in [1.82, 2.24) is 0 Å². The zero-order valence-corrected chi connectivity index (χ0v) is 6.12. The zero-order chi connectivity index (χ0) is 5.98. The maximum Gasteiger partial charge on any atom is 0.107 e. The van der Waals surface area contributed by atoms with Crippen LogP contribution in [-0.2, 0) is 0 Å². The van der Waals surface area contributed by atoms with Gasteiger partial charge in [-0.2, -0.15) is 0 Å². The molecule has 0 nitrogen and oxygen atoms in total. The second kappa shape index (κ2) is 2.62. The molecule has 0 N–H and O–H groups in total. The van der Waals surface area contributed by atoms with Gasteiger partial charge in [-0.3, -0.25) is 0 Å². The van der Waals surface area contributed by atoms with Gasteiger partial charge in [-0.25, -0.2) is 4.39 Å². The highest BCUT2D eigenvalue weighted by atomic mass is 79.9. The lowest BCUT2D eigenvalue weighted by Gasteiger charge is -1.84. The Kier molecular flexibility index (Phi) is 2.06. The van der Waals surface area contributed by atoms with Gasteiger partial charge in [-0.1, -0.05) is 15.9 Å². The SMILES string of the molecule is FC(=CC1CC1)CBr. The summed E-state index contributed by atoms with van der Waals surface area (Å²) in [6, 6.07) is 0. The number of halogens is 2. The molecule has 1 fully saturated rings. The van der Waals surface area contributed by atoms with Crippen molar-refractivity contribution in [2.75, 3.05) is 5.33 Å². The van der Waals surface area contributed by atoms with Crippen LogP contribution in [0.1, 0.15) is 12.8 Å². The Morgan fingerprint density at radius 1 is 1.75 bits per heavy atom. The molecule has 1 aliphatic carbocycles. The van der Waals surface area contributed by atoms with E-state index in [-0.39, 0.29) is 5.83 Å². The average molecular weight is 179 g/mol. The maximum absolute atomic E-state index is 12.2. The predicted octanol–water partition coefficient (Wildman–Crippen LogP) is 2.64. The van der Waals surface area contributed by atoms with Gasteiger partial charge in [0.15, 0.2) is 0 Å². The third kappa shape index (κ3) is 1.95. The fourth-order valence-electron chi connectivity index (χ4n) is 0.563. The second-order valence-electron chi connectivity index (χ2n) is 2.08. The third-order valence-corrected chi connectivity index (χ3v) is 1.70. The molecule has 0 spiro atoms. The normalized spacial score (nSPS) is 21.5. The van der Waals surface area contributed by atoms with Crippen LogP contribution in [0.5, 0.6) is 0 Å². The molecule has 1 saturated carbocycles. The van der Waals surface area contributed by atoms with Gasteiger partial charge in [0.05, 0.1) is 5.33 Å². The number of hydrogen-bond acceptors (Lipinski definition) is 0. The van der Waals surface area contributed by atoms with E-state index in [4.69, 9.17) is 0 Å². The molecule has 8 heavy (non-hydrogen) atoms. The van der Waals surface area contributed by atoms with E-state index in [1.165, 1.54) is 12.8 Å². The molecule has 0 saturated heterocycles. The van der Waals surface area contributed by atoms with E-state index in [0.717, 1.165) is 0 Å². The van der Waals surface area contributed by atoms with E-state index in [9.17, 15) is 4.39 Å². The van der Waals surface area contributed by atoms with Gasteiger partial charge in [0.25, 0.3) is 0 Å². The summed E-state index contributed by atoms with van der Waals surface area (Å²) < 4.78 is 12.2. The molecule has 0 aromatic carbocycles. The molecule has 0 bridgehead atoms. The highest BCUT2D eigenvalue weighted by Crippen LogP contribution is 2.31. The summed E-state index contributed by atoms with van der Waals surface area (Å²) >= 11 is 3.03. The minimum atomic E-state index is -0.0208. The number of allylic oxidation sites excluding steroid dienone is 2. The summed E-state index contributed by atoms with van der Waals surface area (Å²) in [4.78, 5) is 0. The van der Waals surface area contributed by atoms with Gasteiger partial charge in [0.2, 0.25) is 0 Å². The van der Waals surface area contributed by atoms with E-state index < -0.39 is 0 Å². The first-order chi connectivity index (χ1) is 3.83. The summed E-state index contributed by atoms with van der Waals surface area (Å²) in [5.74, 6) is 0.542. The van der Waals surface area contributed by atoms with E-state index in [0.29, 0.717) is 11.2 Å². The summed E-state index contributed by atoms with van der Waals surface area (Å²) in [6.45, 7) is 0. The number of hydrogen-bond donors (Lipinski definition) is 0. The largest absolute Gasteiger partial charge is 0.211 e. The van der Waals surface area contributed by atoms with Crippen LogP contribution in [0.25, 0.3) is 0 Å². The van der Waals surface area contributed by atoms with Crippen LogP contribution >= 0.6 is 15.9 Å². The summed E-state index contributed by atoms with van der Waals surface area (Å²) in [5, 5.41) is 0.378. The molecule has 0 unspecified atom stereocenters. The maximum atomic E-state index is 12.2. The Bertz CT molecular complexity index is 105. The van der Waals surface area contributed by atoms with Gasteiger partial charge in [-0.15, -0.1) is 0 Å². The van der Waals surface area contributed by atoms with Crippen molar-refractivity contribution in [3.63, 3.8) is 0 Å². The first kappa shape index (κ1) is 6.27. The van der Waals surface area contributed by atoms with Crippen molar-refractivity contribution in [3.8, 4) is 0 Å². The lowest BCUT2D eigenvalue weighted by Crippen LogP contribution is -1.73. The van der Waals surface area contributed by atoms with Gasteiger partial charge >= 0.3 is 0 Å². The summed E-state index contributed by atoms with van der Waals surface area (Å²) in [7, 11) is 0. The molecule has 46 valence electrons. The van der Waals surface area contributed by atoms with Crippen LogP contribution in [0.3, 0.4) is 0 Å². The number of alkyl halides is 1. The van der Waals surface area contributed by atoms with Crippen LogP contribution in [0, 0.1) is 5.92 Å². The fraction of sp³-hybridized carbons (Fsp3) is 0.667. The van der Waals surface area contributed by atoms with Gasteiger partial charge in [0, 0.05) is 0 Å². The molecule has 0 aromatic heterocycles. The van der Waals surface area contributed by atoms with E-state index in [1.807, 2.05) is 0 Å². The monoisotopic (exact) mass is 178 g/mol. The minimum Gasteiger partial charge on any atom is -0.211 e. The van der Waals surface area contributed by atoms with Crippen LogP contribution in [0.4, 0.5) is 4.39 Å². The third-order valence-electron chi connectivity index (χ3n) is 1.17. The lowest BCUT2D eigenvalue weighted by atomic mass is 10.4. The Balaban J connectivity index is 2.27. The standard InChI is InChI=1S/C6H8BrF/c7-4-6(8)3-5-1-2-5/h3,5H,1-2,4H2. The Morgan fingerprint density at radius 2 is 2.38 bits per heavy atom. The van der Waals surface area contributed by atoms with Crippen molar-refractivity contribution >= 4 is 15.9 Å². The predicted molar refractivity (Wildman–Crippen MR) is 35.7 cm³/mol. The quantitative estimate of drug-likeness (QED) is 0.571. The van der Waals surface area contributed by atoms with E-state index >= 15 is 0 Å². The van der Waals surface area contributed by atoms with Gasteiger partial charge < -0.3 is 0 Å². The topological polar surface area (TPSA) is 0 Å². The molecule has 0 atom stereocenters. The second-order valence-corrected chi connectivity index (χ2v) is 2.65. The first-order valence-electron chi connectivity index (χ1n) is 2.75.